The van der Waals surface area contributed by atoms with E-state index in [1.807, 2.05) is 0 Å². The molecule has 0 bridgehead atoms. The van der Waals surface area contributed by atoms with E-state index in [9.17, 15) is 0 Å². The SMILES string of the molecule is CN(C)c1ccccc1C1(C)CO1. The first-order valence-electron chi connectivity index (χ1n) is 4.54. The number of para-hydroxylation sites is 1. The topological polar surface area (TPSA) is 15.8 Å². The van der Waals surface area contributed by atoms with Gasteiger partial charge >= 0.3 is 0 Å². The first-order chi connectivity index (χ1) is 6.13. The zero-order valence-electron chi connectivity index (χ0n) is 8.37. The van der Waals surface area contributed by atoms with Crippen molar-refractivity contribution < 1.29 is 4.74 Å². The molecule has 1 aliphatic rings. The van der Waals surface area contributed by atoms with Crippen molar-refractivity contribution in [3.05, 3.63) is 29.8 Å². The minimum atomic E-state index is -0.0269. The van der Waals surface area contributed by atoms with Crippen LogP contribution in [0.2, 0.25) is 0 Å². The Kier molecular flexibility index (Phi) is 1.81. The van der Waals surface area contributed by atoms with Gasteiger partial charge in [-0.25, -0.2) is 0 Å². The number of epoxide rings is 1. The smallest absolute Gasteiger partial charge is 0.116 e. The molecule has 0 amide bonds. The molecule has 1 atom stereocenters. The Bertz CT molecular complexity index is 316. The van der Waals surface area contributed by atoms with Crippen molar-refractivity contribution in [3.63, 3.8) is 0 Å². The molecule has 1 saturated heterocycles. The summed E-state index contributed by atoms with van der Waals surface area (Å²) in [5.74, 6) is 0. The lowest BCUT2D eigenvalue weighted by Crippen LogP contribution is -2.15. The maximum absolute atomic E-state index is 5.45. The minimum Gasteiger partial charge on any atom is -0.377 e. The molecule has 1 fully saturated rings. The predicted molar refractivity (Wildman–Crippen MR) is 54.1 cm³/mol. The fourth-order valence-corrected chi connectivity index (χ4v) is 1.57. The van der Waals surface area contributed by atoms with Gasteiger partial charge in [0.1, 0.15) is 5.60 Å². The molecule has 0 aliphatic carbocycles. The van der Waals surface area contributed by atoms with Crippen molar-refractivity contribution in [2.75, 3.05) is 25.6 Å². The lowest BCUT2D eigenvalue weighted by Gasteiger charge is -2.19. The standard InChI is InChI=1S/C11H15NO/c1-11(8-13-11)9-6-4-5-7-10(9)12(2)3/h4-7H,8H2,1-3H3. The van der Waals surface area contributed by atoms with Crippen LogP contribution >= 0.6 is 0 Å². The van der Waals surface area contributed by atoms with Gasteiger partial charge in [-0.2, -0.15) is 0 Å². The van der Waals surface area contributed by atoms with Crippen molar-refractivity contribution in [1.29, 1.82) is 0 Å². The monoisotopic (exact) mass is 177 g/mol. The van der Waals surface area contributed by atoms with E-state index in [2.05, 4.69) is 50.2 Å². The number of rotatable bonds is 2. The predicted octanol–water partition coefficient (Wildman–Crippen LogP) is 2.00. The molecule has 70 valence electrons. The molecule has 2 rings (SSSR count). The van der Waals surface area contributed by atoms with Crippen molar-refractivity contribution >= 4 is 5.69 Å². The molecule has 2 nitrogen and oxygen atoms in total. The third-order valence-electron chi connectivity index (χ3n) is 2.53. The van der Waals surface area contributed by atoms with E-state index in [-0.39, 0.29) is 5.60 Å². The van der Waals surface area contributed by atoms with Crippen LogP contribution in [0, 0.1) is 0 Å². The minimum absolute atomic E-state index is 0.0269. The Labute approximate surface area is 79.1 Å². The molecule has 0 N–H and O–H groups in total. The second kappa shape index (κ2) is 2.74. The fraction of sp³-hybridized carbons (Fsp3) is 0.455. The molecular weight excluding hydrogens is 162 g/mol. The van der Waals surface area contributed by atoms with Gasteiger partial charge in [0, 0.05) is 25.3 Å². The molecule has 2 heteroatoms. The number of anilines is 1. The summed E-state index contributed by atoms with van der Waals surface area (Å²) in [6.45, 7) is 2.98. The van der Waals surface area contributed by atoms with Gasteiger partial charge in [0.15, 0.2) is 0 Å². The fourth-order valence-electron chi connectivity index (χ4n) is 1.57. The van der Waals surface area contributed by atoms with Gasteiger partial charge in [0.05, 0.1) is 6.61 Å². The quantitative estimate of drug-likeness (QED) is 0.642. The Morgan fingerprint density at radius 1 is 1.31 bits per heavy atom. The molecule has 1 heterocycles. The van der Waals surface area contributed by atoms with E-state index in [4.69, 9.17) is 4.74 Å². The van der Waals surface area contributed by atoms with Crippen LogP contribution in [0.4, 0.5) is 5.69 Å². The van der Waals surface area contributed by atoms with Crippen molar-refractivity contribution in [2.24, 2.45) is 0 Å². The van der Waals surface area contributed by atoms with E-state index in [1.54, 1.807) is 0 Å². The van der Waals surface area contributed by atoms with Crippen LogP contribution in [0.15, 0.2) is 24.3 Å². The van der Waals surface area contributed by atoms with E-state index >= 15 is 0 Å². The average molecular weight is 177 g/mol. The second-order valence-corrected chi connectivity index (χ2v) is 3.93. The summed E-state index contributed by atoms with van der Waals surface area (Å²) >= 11 is 0. The average Bonchev–Trinajstić information content (AvgIpc) is 2.85. The summed E-state index contributed by atoms with van der Waals surface area (Å²) in [6, 6.07) is 8.39. The summed E-state index contributed by atoms with van der Waals surface area (Å²) in [4.78, 5) is 2.13. The lowest BCUT2D eigenvalue weighted by molar-refractivity contribution is 0.330. The normalized spacial score (nSPS) is 25.8. The van der Waals surface area contributed by atoms with E-state index in [0.717, 1.165) is 6.61 Å². The number of hydrogen-bond donors (Lipinski definition) is 0. The van der Waals surface area contributed by atoms with Crippen LogP contribution in [-0.2, 0) is 10.3 Å². The second-order valence-electron chi connectivity index (χ2n) is 3.93. The molecule has 1 aromatic rings. The first kappa shape index (κ1) is 8.57. The number of hydrogen-bond acceptors (Lipinski definition) is 2. The molecule has 0 aromatic heterocycles. The van der Waals surface area contributed by atoms with Crippen LogP contribution in [0.25, 0.3) is 0 Å². The highest BCUT2D eigenvalue weighted by Crippen LogP contribution is 2.42. The van der Waals surface area contributed by atoms with Crippen LogP contribution in [0.5, 0.6) is 0 Å². The van der Waals surface area contributed by atoms with Gasteiger partial charge in [0.25, 0.3) is 0 Å². The molecular formula is C11H15NO. The Morgan fingerprint density at radius 3 is 2.46 bits per heavy atom. The van der Waals surface area contributed by atoms with Crippen molar-refractivity contribution in [1.82, 2.24) is 0 Å². The van der Waals surface area contributed by atoms with Crippen molar-refractivity contribution in [3.8, 4) is 0 Å². The number of nitrogens with zero attached hydrogens (tertiary/aromatic N) is 1. The van der Waals surface area contributed by atoms with Crippen LogP contribution in [0.1, 0.15) is 12.5 Å². The lowest BCUT2D eigenvalue weighted by atomic mass is 10.00. The maximum Gasteiger partial charge on any atom is 0.116 e. The van der Waals surface area contributed by atoms with Gasteiger partial charge < -0.3 is 9.64 Å². The summed E-state index contributed by atoms with van der Waals surface area (Å²) in [7, 11) is 4.12. The van der Waals surface area contributed by atoms with Gasteiger partial charge in [-0.1, -0.05) is 18.2 Å². The molecule has 1 aliphatic heterocycles. The molecule has 0 saturated carbocycles. The maximum atomic E-state index is 5.45. The van der Waals surface area contributed by atoms with Gasteiger partial charge in [-0.3, -0.25) is 0 Å². The Morgan fingerprint density at radius 2 is 1.92 bits per heavy atom. The molecule has 0 spiro atoms. The van der Waals surface area contributed by atoms with Crippen molar-refractivity contribution in [2.45, 2.75) is 12.5 Å². The summed E-state index contributed by atoms with van der Waals surface area (Å²) in [5, 5.41) is 0. The van der Waals surface area contributed by atoms with Crippen LogP contribution in [-0.4, -0.2) is 20.7 Å². The highest BCUT2D eigenvalue weighted by molar-refractivity contribution is 5.56. The highest BCUT2D eigenvalue weighted by atomic mass is 16.6. The van der Waals surface area contributed by atoms with Gasteiger partial charge in [-0.05, 0) is 13.0 Å². The number of ether oxygens (including phenoxy) is 1. The Balaban J connectivity index is 2.44. The third-order valence-corrected chi connectivity index (χ3v) is 2.53. The molecule has 1 unspecified atom stereocenters. The van der Waals surface area contributed by atoms with Crippen LogP contribution in [0.3, 0.4) is 0 Å². The zero-order chi connectivity index (χ0) is 9.47. The number of benzene rings is 1. The Hall–Kier alpha value is -1.02. The molecule has 13 heavy (non-hydrogen) atoms. The molecule has 0 radical (unpaired) electrons. The highest BCUT2D eigenvalue weighted by Gasteiger charge is 2.42. The first-order valence-corrected chi connectivity index (χ1v) is 4.54. The third kappa shape index (κ3) is 1.42. The summed E-state index contributed by atoms with van der Waals surface area (Å²) in [5.41, 5.74) is 2.52. The van der Waals surface area contributed by atoms with Gasteiger partial charge in [-0.15, -0.1) is 0 Å². The van der Waals surface area contributed by atoms with E-state index in [1.165, 1.54) is 11.3 Å². The molecule has 1 aromatic carbocycles. The summed E-state index contributed by atoms with van der Waals surface area (Å²) < 4.78 is 5.45. The van der Waals surface area contributed by atoms with E-state index in [0.29, 0.717) is 0 Å². The van der Waals surface area contributed by atoms with Gasteiger partial charge in [0.2, 0.25) is 0 Å². The largest absolute Gasteiger partial charge is 0.377 e. The van der Waals surface area contributed by atoms with E-state index < -0.39 is 0 Å². The zero-order valence-corrected chi connectivity index (χ0v) is 8.37. The summed E-state index contributed by atoms with van der Waals surface area (Å²) in [6.07, 6.45) is 0. The van der Waals surface area contributed by atoms with Crippen LogP contribution < -0.4 is 4.90 Å².